The van der Waals surface area contributed by atoms with Crippen molar-refractivity contribution in [1.29, 1.82) is 0 Å². The van der Waals surface area contributed by atoms with Crippen LogP contribution in [-0.2, 0) is 10.2 Å². The van der Waals surface area contributed by atoms with Crippen LogP contribution in [0.3, 0.4) is 0 Å². The van der Waals surface area contributed by atoms with Crippen molar-refractivity contribution >= 4 is 27.6 Å². The van der Waals surface area contributed by atoms with Gasteiger partial charge in [-0.15, -0.1) is 8.80 Å². The van der Waals surface area contributed by atoms with Gasteiger partial charge in [-0.05, 0) is 19.1 Å². The molecule has 1 aliphatic heterocycles. The van der Waals surface area contributed by atoms with Crippen LogP contribution < -0.4 is 11.1 Å². The Bertz CT molecular complexity index is 572. The van der Waals surface area contributed by atoms with E-state index in [0.29, 0.717) is 5.69 Å². The summed E-state index contributed by atoms with van der Waals surface area (Å²) in [6.07, 6.45) is 0. The van der Waals surface area contributed by atoms with E-state index in [9.17, 15) is 8.42 Å². The Morgan fingerprint density at radius 1 is 1.19 bits per heavy atom. The maximum absolute atomic E-state index is 11.0. The van der Waals surface area contributed by atoms with Crippen LogP contribution in [0, 0.1) is 6.92 Å². The predicted octanol–water partition coefficient (Wildman–Crippen LogP) is 0.421. The normalized spacial score (nSPS) is 17.8. The molecule has 2 rings (SSSR count). The molecule has 16 heavy (non-hydrogen) atoms. The van der Waals surface area contributed by atoms with Crippen molar-refractivity contribution in [3.05, 3.63) is 29.8 Å². The molecule has 0 fully saturated rings. The van der Waals surface area contributed by atoms with Gasteiger partial charge in [0.1, 0.15) is 0 Å². The van der Waals surface area contributed by atoms with Gasteiger partial charge in [0.2, 0.25) is 0 Å². The highest BCUT2D eigenvalue weighted by Crippen LogP contribution is 2.11. The van der Waals surface area contributed by atoms with Crippen molar-refractivity contribution < 1.29 is 8.42 Å². The molecule has 0 saturated carbocycles. The van der Waals surface area contributed by atoms with E-state index in [1.165, 1.54) is 0 Å². The van der Waals surface area contributed by atoms with Gasteiger partial charge >= 0.3 is 10.2 Å². The maximum atomic E-state index is 11.0. The fourth-order valence-electron chi connectivity index (χ4n) is 1.21. The number of anilines is 1. The highest BCUT2D eigenvalue weighted by atomic mass is 32.2. The molecular weight excluding hydrogens is 228 g/mol. The van der Waals surface area contributed by atoms with Gasteiger partial charge in [0.05, 0.1) is 0 Å². The Labute approximate surface area is 93.1 Å². The largest absolute Gasteiger partial charge is 0.380 e. The molecule has 7 heteroatoms. The van der Waals surface area contributed by atoms with Gasteiger partial charge in [-0.2, -0.15) is 8.42 Å². The standard InChI is InChI=1S/C9H10N4O2S/c1-6-2-4-7(5-3-6)11-9-8(10)12-16(14,15)13-9/h2-5H,1H3,(H2,10,12)(H,11,13). The molecule has 6 nitrogen and oxygen atoms in total. The molecule has 0 spiro atoms. The third-order valence-corrected chi connectivity index (χ3v) is 2.82. The number of benzene rings is 1. The van der Waals surface area contributed by atoms with Gasteiger partial charge in [0, 0.05) is 5.69 Å². The van der Waals surface area contributed by atoms with Crippen LogP contribution in [0.5, 0.6) is 0 Å². The Morgan fingerprint density at radius 3 is 2.31 bits per heavy atom. The zero-order chi connectivity index (χ0) is 11.8. The van der Waals surface area contributed by atoms with Crippen LogP contribution in [0.25, 0.3) is 0 Å². The second-order valence-corrected chi connectivity index (χ2v) is 4.62. The minimum Gasteiger partial charge on any atom is -0.380 e. The molecule has 0 radical (unpaired) electrons. The molecule has 1 aromatic rings. The molecule has 0 aromatic heterocycles. The van der Waals surface area contributed by atoms with Gasteiger partial charge in [-0.1, -0.05) is 17.7 Å². The molecule has 1 heterocycles. The molecule has 0 amide bonds. The van der Waals surface area contributed by atoms with Gasteiger partial charge in [0.25, 0.3) is 0 Å². The summed E-state index contributed by atoms with van der Waals surface area (Å²) >= 11 is 0. The molecule has 0 atom stereocenters. The zero-order valence-electron chi connectivity index (χ0n) is 8.51. The number of hydrogen-bond donors (Lipinski definition) is 2. The summed E-state index contributed by atoms with van der Waals surface area (Å²) in [5.74, 6) is -0.0653. The number of amidine groups is 2. The molecule has 0 unspecified atom stereocenters. The lowest BCUT2D eigenvalue weighted by molar-refractivity contribution is 0.601. The van der Waals surface area contributed by atoms with E-state index in [-0.39, 0.29) is 11.7 Å². The molecule has 84 valence electrons. The fraction of sp³-hybridized carbons (Fsp3) is 0.111. The quantitative estimate of drug-likeness (QED) is 0.741. The van der Waals surface area contributed by atoms with Crippen LogP contribution in [-0.4, -0.2) is 20.1 Å². The Kier molecular flexibility index (Phi) is 2.39. The van der Waals surface area contributed by atoms with Gasteiger partial charge < -0.3 is 11.1 Å². The molecule has 1 aliphatic rings. The third-order valence-electron chi connectivity index (χ3n) is 1.98. The molecule has 0 aliphatic carbocycles. The first kappa shape index (κ1) is 10.6. The molecular formula is C9H10N4O2S. The van der Waals surface area contributed by atoms with Crippen LogP contribution in [0.1, 0.15) is 5.56 Å². The zero-order valence-corrected chi connectivity index (χ0v) is 9.32. The number of hydrogen-bond acceptors (Lipinski definition) is 4. The average Bonchev–Trinajstić information content (AvgIpc) is 2.44. The minimum atomic E-state index is -3.78. The summed E-state index contributed by atoms with van der Waals surface area (Å²) in [6.45, 7) is 1.96. The summed E-state index contributed by atoms with van der Waals surface area (Å²) in [5.41, 5.74) is 7.22. The van der Waals surface area contributed by atoms with Gasteiger partial charge in [-0.3, -0.25) is 0 Å². The first-order chi connectivity index (χ1) is 7.46. The van der Waals surface area contributed by atoms with Crippen molar-refractivity contribution in [3.8, 4) is 0 Å². The number of rotatable bonds is 1. The molecule has 1 aromatic carbocycles. The smallest absolute Gasteiger partial charge is 0.367 e. The van der Waals surface area contributed by atoms with Gasteiger partial charge in [0.15, 0.2) is 11.7 Å². The van der Waals surface area contributed by atoms with Crippen LogP contribution in [0.15, 0.2) is 33.1 Å². The van der Waals surface area contributed by atoms with E-state index in [4.69, 9.17) is 5.73 Å². The average molecular weight is 238 g/mol. The SMILES string of the molecule is Cc1ccc(NC2=NS(=O)(=O)N=C2N)cc1. The Hall–Kier alpha value is -1.89. The van der Waals surface area contributed by atoms with E-state index < -0.39 is 10.2 Å². The first-order valence-corrected chi connectivity index (χ1v) is 5.90. The summed E-state index contributed by atoms with van der Waals surface area (Å²) in [7, 11) is -3.78. The second kappa shape index (κ2) is 3.60. The topological polar surface area (TPSA) is 96.9 Å². The number of aryl methyl sites for hydroxylation is 1. The van der Waals surface area contributed by atoms with Crippen molar-refractivity contribution in [2.24, 2.45) is 14.5 Å². The van der Waals surface area contributed by atoms with E-state index >= 15 is 0 Å². The van der Waals surface area contributed by atoms with E-state index in [0.717, 1.165) is 5.56 Å². The third kappa shape index (κ3) is 2.19. The van der Waals surface area contributed by atoms with Crippen molar-refractivity contribution in [1.82, 2.24) is 0 Å². The lowest BCUT2D eigenvalue weighted by Crippen LogP contribution is -2.27. The summed E-state index contributed by atoms with van der Waals surface area (Å²) in [4.78, 5) is 0. The summed E-state index contributed by atoms with van der Waals surface area (Å²) < 4.78 is 28.6. The first-order valence-electron chi connectivity index (χ1n) is 4.51. The lowest BCUT2D eigenvalue weighted by atomic mass is 10.2. The van der Waals surface area contributed by atoms with Gasteiger partial charge in [-0.25, -0.2) is 0 Å². The highest BCUT2D eigenvalue weighted by molar-refractivity contribution is 7.89. The number of nitrogens with zero attached hydrogens (tertiary/aromatic N) is 2. The van der Waals surface area contributed by atoms with Crippen LogP contribution in [0.4, 0.5) is 5.69 Å². The predicted molar refractivity (Wildman–Crippen MR) is 62.8 cm³/mol. The van der Waals surface area contributed by atoms with Crippen molar-refractivity contribution in [2.75, 3.05) is 5.32 Å². The van der Waals surface area contributed by atoms with Crippen molar-refractivity contribution in [2.45, 2.75) is 6.92 Å². The second-order valence-electron chi connectivity index (χ2n) is 3.36. The fourth-order valence-corrected chi connectivity index (χ4v) is 1.96. The molecule has 3 N–H and O–H groups in total. The highest BCUT2D eigenvalue weighted by Gasteiger charge is 2.21. The van der Waals surface area contributed by atoms with E-state index in [1.807, 2.05) is 19.1 Å². The monoisotopic (exact) mass is 238 g/mol. The number of nitrogens with one attached hydrogen (secondary N) is 1. The summed E-state index contributed by atoms with van der Waals surface area (Å²) in [6, 6.07) is 7.38. The minimum absolute atomic E-state index is 0.0591. The molecule has 0 saturated heterocycles. The lowest BCUT2D eigenvalue weighted by Gasteiger charge is -2.04. The van der Waals surface area contributed by atoms with Crippen LogP contribution >= 0.6 is 0 Å². The van der Waals surface area contributed by atoms with Crippen LogP contribution in [0.2, 0.25) is 0 Å². The van der Waals surface area contributed by atoms with E-state index in [2.05, 4.69) is 14.1 Å². The van der Waals surface area contributed by atoms with Crippen molar-refractivity contribution in [3.63, 3.8) is 0 Å². The molecule has 0 bridgehead atoms. The maximum Gasteiger partial charge on any atom is 0.367 e. The number of nitrogens with two attached hydrogens (primary N) is 1. The van der Waals surface area contributed by atoms with E-state index in [1.54, 1.807) is 12.1 Å². The Balaban J connectivity index is 2.25. The Morgan fingerprint density at radius 2 is 1.81 bits per heavy atom. The summed E-state index contributed by atoms with van der Waals surface area (Å²) in [5, 5.41) is 2.79.